The van der Waals surface area contributed by atoms with Crippen molar-refractivity contribution >= 4 is 0 Å². The molecule has 1 aliphatic carbocycles. The lowest BCUT2D eigenvalue weighted by molar-refractivity contribution is 0.182. The second-order valence-electron chi connectivity index (χ2n) is 8.24. The van der Waals surface area contributed by atoms with E-state index in [-0.39, 0.29) is 0 Å². The number of aryl methyl sites for hydroxylation is 1. The van der Waals surface area contributed by atoms with E-state index in [1.165, 1.54) is 82.6 Å². The largest absolute Gasteiger partial charge is 0.0654 e. The van der Waals surface area contributed by atoms with Gasteiger partial charge in [-0.25, -0.2) is 0 Å². The Morgan fingerprint density at radius 2 is 1.52 bits per heavy atom. The van der Waals surface area contributed by atoms with E-state index in [2.05, 4.69) is 45.0 Å². The normalized spacial score (nSPS) is 24.7. The molecule has 1 aliphatic rings. The smallest absolute Gasteiger partial charge is 0.0162 e. The molecule has 0 N–H and O–H groups in total. The Labute approximate surface area is 145 Å². The number of hydrogen-bond donors (Lipinski definition) is 0. The maximum absolute atomic E-state index is 2.51. The summed E-state index contributed by atoms with van der Waals surface area (Å²) in [6.45, 7) is 7.13. The second kappa shape index (κ2) is 9.50. The SMILES string of the molecule is CCCCCCCc1ccc(C2CCC(C)(CCC)CC2)cc1. The van der Waals surface area contributed by atoms with Gasteiger partial charge in [0.25, 0.3) is 0 Å². The molecule has 130 valence electrons. The third-order valence-corrected chi connectivity index (χ3v) is 6.07. The molecule has 0 amide bonds. The van der Waals surface area contributed by atoms with Gasteiger partial charge < -0.3 is 0 Å². The number of hydrogen-bond acceptors (Lipinski definition) is 0. The summed E-state index contributed by atoms with van der Waals surface area (Å²) in [4.78, 5) is 0. The molecule has 0 bridgehead atoms. The standard InChI is InChI=1S/C23H38/c1-4-6-7-8-9-10-20-11-13-21(14-12-20)22-15-18-23(3,17-5-2)19-16-22/h11-14,22H,4-10,15-19H2,1-3H3. The zero-order valence-corrected chi connectivity index (χ0v) is 15.9. The molecule has 0 nitrogen and oxygen atoms in total. The van der Waals surface area contributed by atoms with Crippen LogP contribution in [0.5, 0.6) is 0 Å². The van der Waals surface area contributed by atoms with Gasteiger partial charge >= 0.3 is 0 Å². The molecular formula is C23H38. The fourth-order valence-electron chi connectivity index (χ4n) is 4.39. The van der Waals surface area contributed by atoms with Crippen LogP contribution in [0.2, 0.25) is 0 Å². The Bertz CT molecular complexity index is 420. The summed E-state index contributed by atoms with van der Waals surface area (Å²) in [6, 6.07) is 9.65. The first kappa shape index (κ1) is 18.6. The minimum atomic E-state index is 0.629. The van der Waals surface area contributed by atoms with Crippen LogP contribution in [0.4, 0.5) is 0 Å². The zero-order chi connectivity index (χ0) is 16.5. The van der Waals surface area contributed by atoms with E-state index in [1.54, 1.807) is 5.56 Å². The molecule has 2 rings (SSSR count). The van der Waals surface area contributed by atoms with E-state index in [9.17, 15) is 0 Å². The van der Waals surface area contributed by atoms with Gasteiger partial charge in [0, 0.05) is 0 Å². The van der Waals surface area contributed by atoms with Crippen LogP contribution in [0.25, 0.3) is 0 Å². The van der Waals surface area contributed by atoms with Crippen LogP contribution in [0.3, 0.4) is 0 Å². The van der Waals surface area contributed by atoms with Crippen LogP contribution in [0.15, 0.2) is 24.3 Å². The highest BCUT2D eigenvalue weighted by Gasteiger charge is 2.30. The molecule has 23 heavy (non-hydrogen) atoms. The summed E-state index contributed by atoms with van der Waals surface area (Å²) >= 11 is 0. The fraction of sp³-hybridized carbons (Fsp3) is 0.739. The van der Waals surface area contributed by atoms with Crippen LogP contribution >= 0.6 is 0 Å². The van der Waals surface area contributed by atoms with Crippen LogP contribution in [-0.4, -0.2) is 0 Å². The average molecular weight is 315 g/mol. The van der Waals surface area contributed by atoms with E-state index in [0.717, 1.165) is 5.92 Å². The summed E-state index contributed by atoms with van der Waals surface area (Å²) in [6.07, 6.45) is 16.6. The molecule has 0 atom stereocenters. The third-order valence-electron chi connectivity index (χ3n) is 6.07. The zero-order valence-electron chi connectivity index (χ0n) is 15.9. The first-order valence-electron chi connectivity index (χ1n) is 10.3. The highest BCUT2D eigenvalue weighted by molar-refractivity contribution is 5.26. The van der Waals surface area contributed by atoms with Crippen molar-refractivity contribution in [2.45, 2.75) is 104 Å². The summed E-state index contributed by atoms with van der Waals surface area (Å²) in [5, 5.41) is 0. The maximum Gasteiger partial charge on any atom is -0.0162 e. The maximum atomic E-state index is 2.51. The predicted octanol–water partition coefficient (Wildman–Crippen LogP) is 7.66. The van der Waals surface area contributed by atoms with Crippen molar-refractivity contribution in [3.8, 4) is 0 Å². The quantitative estimate of drug-likeness (QED) is 0.410. The monoisotopic (exact) mass is 314 g/mol. The molecule has 1 aromatic carbocycles. The van der Waals surface area contributed by atoms with Gasteiger partial charge in [0.15, 0.2) is 0 Å². The highest BCUT2D eigenvalue weighted by atomic mass is 14.4. The van der Waals surface area contributed by atoms with Gasteiger partial charge in [0.2, 0.25) is 0 Å². The van der Waals surface area contributed by atoms with Crippen molar-refractivity contribution in [3.05, 3.63) is 35.4 Å². The Morgan fingerprint density at radius 1 is 0.870 bits per heavy atom. The van der Waals surface area contributed by atoms with Crippen LogP contribution < -0.4 is 0 Å². The summed E-state index contributed by atoms with van der Waals surface area (Å²) < 4.78 is 0. The number of rotatable bonds is 9. The van der Waals surface area contributed by atoms with E-state index >= 15 is 0 Å². The van der Waals surface area contributed by atoms with Gasteiger partial charge in [-0.05, 0) is 67.4 Å². The lowest BCUT2D eigenvalue weighted by Gasteiger charge is -2.37. The van der Waals surface area contributed by atoms with Gasteiger partial charge in [-0.2, -0.15) is 0 Å². The lowest BCUT2D eigenvalue weighted by Crippen LogP contribution is -2.23. The van der Waals surface area contributed by atoms with E-state index < -0.39 is 0 Å². The van der Waals surface area contributed by atoms with Gasteiger partial charge in [-0.15, -0.1) is 0 Å². The first-order valence-corrected chi connectivity index (χ1v) is 10.3. The minimum absolute atomic E-state index is 0.629. The van der Waals surface area contributed by atoms with Crippen LogP contribution in [-0.2, 0) is 6.42 Å². The third kappa shape index (κ3) is 5.98. The van der Waals surface area contributed by atoms with Crippen molar-refractivity contribution in [1.29, 1.82) is 0 Å². The molecule has 1 aromatic rings. The van der Waals surface area contributed by atoms with Crippen molar-refractivity contribution in [1.82, 2.24) is 0 Å². The van der Waals surface area contributed by atoms with Crippen molar-refractivity contribution in [3.63, 3.8) is 0 Å². The second-order valence-corrected chi connectivity index (χ2v) is 8.24. The number of unbranched alkanes of at least 4 members (excludes halogenated alkanes) is 4. The van der Waals surface area contributed by atoms with Crippen LogP contribution in [0, 0.1) is 5.41 Å². The molecule has 0 aromatic heterocycles. The van der Waals surface area contributed by atoms with Crippen molar-refractivity contribution in [2.24, 2.45) is 5.41 Å². The molecule has 0 heteroatoms. The Morgan fingerprint density at radius 3 is 2.13 bits per heavy atom. The fourth-order valence-corrected chi connectivity index (χ4v) is 4.39. The summed E-state index contributed by atoms with van der Waals surface area (Å²) in [7, 11) is 0. The minimum Gasteiger partial charge on any atom is -0.0654 e. The van der Waals surface area contributed by atoms with E-state index in [1.807, 2.05) is 0 Å². The summed E-state index contributed by atoms with van der Waals surface area (Å²) in [5.41, 5.74) is 3.76. The molecule has 0 aliphatic heterocycles. The molecule has 0 unspecified atom stereocenters. The average Bonchev–Trinajstić information content (AvgIpc) is 2.56. The topological polar surface area (TPSA) is 0 Å². The molecular weight excluding hydrogens is 276 g/mol. The molecule has 1 saturated carbocycles. The lowest BCUT2D eigenvalue weighted by atomic mass is 9.68. The van der Waals surface area contributed by atoms with E-state index in [0.29, 0.717) is 5.41 Å². The summed E-state index contributed by atoms with van der Waals surface area (Å²) in [5.74, 6) is 0.818. The Kier molecular flexibility index (Phi) is 7.66. The molecule has 1 fully saturated rings. The Hall–Kier alpha value is -0.780. The van der Waals surface area contributed by atoms with Gasteiger partial charge in [0.1, 0.15) is 0 Å². The molecule has 0 radical (unpaired) electrons. The van der Waals surface area contributed by atoms with Gasteiger partial charge in [-0.3, -0.25) is 0 Å². The van der Waals surface area contributed by atoms with E-state index in [4.69, 9.17) is 0 Å². The van der Waals surface area contributed by atoms with Crippen molar-refractivity contribution in [2.75, 3.05) is 0 Å². The highest BCUT2D eigenvalue weighted by Crippen LogP contribution is 2.45. The predicted molar refractivity (Wildman–Crippen MR) is 103 cm³/mol. The molecule has 0 spiro atoms. The molecule has 0 saturated heterocycles. The first-order chi connectivity index (χ1) is 11.2. The van der Waals surface area contributed by atoms with Gasteiger partial charge in [0.05, 0.1) is 0 Å². The Balaban J connectivity index is 1.77. The number of benzene rings is 1. The molecule has 0 heterocycles. The van der Waals surface area contributed by atoms with Crippen LogP contribution in [0.1, 0.15) is 108 Å². The van der Waals surface area contributed by atoms with Crippen molar-refractivity contribution < 1.29 is 0 Å². The van der Waals surface area contributed by atoms with Gasteiger partial charge in [-0.1, -0.05) is 77.1 Å².